The Hall–Kier alpha value is -2.47. The van der Waals surface area contributed by atoms with Gasteiger partial charge in [-0.15, -0.1) is 0 Å². The summed E-state index contributed by atoms with van der Waals surface area (Å²) in [7, 11) is -3.91. The fraction of sp³-hybridized carbons (Fsp3) is 0.375. The molecule has 0 aliphatic rings. The summed E-state index contributed by atoms with van der Waals surface area (Å²) in [6, 6.07) is 9.70. The van der Waals surface area contributed by atoms with Crippen molar-refractivity contribution < 1.29 is 22.7 Å². The zero-order valence-electron chi connectivity index (χ0n) is 14.2. The monoisotopic (exact) mass is 456 g/mol. The van der Waals surface area contributed by atoms with Gasteiger partial charge in [0, 0.05) is 17.6 Å². The highest BCUT2D eigenvalue weighted by atomic mass is 79.9. The van der Waals surface area contributed by atoms with E-state index in [2.05, 4.69) is 20.7 Å². The van der Waals surface area contributed by atoms with Gasteiger partial charge in [-0.1, -0.05) is 22.0 Å². The number of ether oxygens (including phenoxy) is 1. The maximum absolute atomic E-state index is 12.1. The van der Waals surface area contributed by atoms with Crippen LogP contribution in [0.5, 0.6) is 0 Å². The Morgan fingerprint density at radius 1 is 1.19 bits per heavy atom. The number of esters is 1. The third-order valence-corrected chi connectivity index (χ3v) is 5.10. The smallest absolute Gasteiger partial charge is 0.321 e. The van der Waals surface area contributed by atoms with Gasteiger partial charge in [0.15, 0.2) is 6.61 Å². The lowest BCUT2D eigenvalue weighted by Crippen LogP contribution is -2.37. The molecule has 27 heavy (non-hydrogen) atoms. The molecule has 0 atom stereocenters. The van der Waals surface area contributed by atoms with Crippen LogP contribution in [-0.2, 0) is 24.3 Å². The molecular formula is C16H17BrN4O5S. The number of amides is 1. The molecule has 0 aromatic heterocycles. The van der Waals surface area contributed by atoms with Gasteiger partial charge in [-0.3, -0.25) is 9.59 Å². The van der Waals surface area contributed by atoms with E-state index in [0.717, 1.165) is 0 Å². The van der Waals surface area contributed by atoms with Gasteiger partial charge in [0.1, 0.15) is 6.54 Å². The number of benzene rings is 1. The Labute approximate surface area is 165 Å². The Morgan fingerprint density at radius 3 is 2.37 bits per heavy atom. The van der Waals surface area contributed by atoms with Crippen LogP contribution < -0.4 is 4.72 Å². The second-order valence-electron chi connectivity index (χ2n) is 5.14. The molecule has 1 aromatic rings. The highest BCUT2D eigenvalue weighted by Crippen LogP contribution is 2.15. The van der Waals surface area contributed by atoms with E-state index >= 15 is 0 Å². The van der Waals surface area contributed by atoms with E-state index < -0.39 is 35.1 Å². The molecule has 1 rings (SSSR count). The fourth-order valence-corrected chi connectivity index (χ4v) is 3.45. The molecule has 0 saturated heterocycles. The standard InChI is InChI=1S/C16H17BrN4O5S/c17-13-4-1-5-14(10-13)27(24,25)20-11-16(23)26-12-15(22)21(8-2-6-18)9-3-7-19/h1,4-5,10,20H,2-3,8-9,11-12H2. The lowest BCUT2D eigenvalue weighted by atomic mass is 10.3. The van der Waals surface area contributed by atoms with Gasteiger partial charge in [-0.2, -0.15) is 15.2 Å². The van der Waals surface area contributed by atoms with Gasteiger partial charge >= 0.3 is 5.97 Å². The van der Waals surface area contributed by atoms with Crippen LogP contribution in [0.2, 0.25) is 0 Å². The summed E-state index contributed by atoms with van der Waals surface area (Å²) in [5.74, 6) is -1.49. The summed E-state index contributed by atoms with van der Waals surface area (Å²) in [6.07, 6.45) is 0.162. The Kier molecular flexibility index (Phi) is 9.44. The molecular weight excluding hydrogens is 440 g/mol. The van der Waals surface area contributed by atoms with Crippen LogP contribution in [0.15, 0.2) is 33.6 Å². The Balaban J connectivity index is 2.53. The number of hydrogen-bond acceptors (Lipinski definition) is 7. The number of hydrogen-bond donors (Lipinski definition) is 1. The van der Waals surface area contributed by atoms with Gasteiger partial charge in [0.05, 0.1) is 29.9 Å². The molecule has 1 aromatic carbocycles. The Bertz CT molecular complexity index is 842. The molecule has 144 valence electrons. The highest BCUT2D eigenvalue weighted by molar-refractivity contribution is 9.10. The van der Waals surface area contributed by atoms with Gasteiger partial charge in [0.2, 0.25) is 10.0 Å². The molecule has 0 radical (unpaired) electrons. The van der Waals surface area contributed by atoms with Crippen LogP contribution in [0, 0.1) is 22.7 Å². The number of nitrogens with one attached hydrogen (secondary N) is 1. The van der Waals surface area contributed by atoms with Gasteiger partial charge < -0.3 is 9.64 Å². The van der Waals surface area contributed by atoms with Crippen LogP contribution in [-0.4, -0.2) is 51.4 Å². The largest absolute Gasteiger partial charge is 0.455 e. The van der Waals surface area contributed by atoms with Gasteiger partial charge in [-0.05, 0) is 18.2 Å². The molecule has 1 N–H and O–H groups in total. The number of rotatable bonds is 10. The highest BCUT2D eigenvalue weighted by Gasteiger charge is 2.18. The number of halogens is 1. The van der Waals surface area contributed by atoms with Crippen molar-refractivity contribution in [3.63, 3.8) is 0 Å². The van der Waals surface area contributed by atoms with Crippen LogP contribution in [0.3, 0.4) is 0 Å². The molecule has 9 nitrogen and oxygen atoms in total. The molecule has 0 heterocycles. The predicted octanol–water partition coefficient (Wildman–Crippen LogP) is 0.927. The average Bonchev–Trinajstić information content (AvgIpc) is 2.64. The molecule has 0 fully saturated rings. The first kappa shape index (κ1) is 22.6. The van der Waals surface area contributed by atoms with Crippen molar-refractivity contribution in [2.24, 2.45) is 0 Å². The maximum atomic E-state index is 12.1. The zero-order chi connectivity index (χ0) is 20.3. The van der Waals surface area contributed by atoms with Crippen molar-refractivity contribution in [3.8, 4) is 12.1 Å². The van der Waals surface area contributed by atoms with Crippen molar-refractivity contribution >= 4 is 37.8 Å². The second-order valence-corrected chi connectivity index (χ2v) is 7.82. The zero-order valence-corrected chi connectivity index (χ0v) is 16.6. The topological polar surface area (TPSA) is 140 Å². The normalized spacial score (nSPS) is 10.5. The Morgan fingerprint density at radius 2 is 1.81 bits per heavy atom. The minimum atomic E-state index is -3.91. The molecule has 0 bridgehead atoms. The molecule has 0 saturated carbocycles. The summed E-state index contributed by atoms with van der Waals surface area (Å²) >= 11 is 3.16. The van der Waals surface area contributed by atoms with Crippen molar-refractivity contribution in [1.82, 2.24) is 9.62 Å². The molecule has 0 aliphatic heterocycles. The number of carbonyl (C=O) groups is 2. The van der Waals surface area contributed by atoms with E-state index in [1.54, 1.807) is 6.07 Å². The molecule has 0 unspecified atom stereocenters. The first-order chi connectivity index (χ1) is 12.8. The number of carbonyl (C=O) groups excluding carboxylic acids is 2. The SMILES string of the molecule is N#CCCN(CCC#N)C(=O)COC(=O)CNS(=O)(=O)c1cccc(Br)c1. The lowest BCUT2D eigenvalue weighted by Gasteiger charge is -2.20. The number of nitrogens with zero attached hydrogens (tertiary/aromatic N) is 3. The first-order valence-corrected chi connectivity index (χ1v) is 10.0. The van der Waals surface area contributed by atoms with E-state index in [4.69, 9.17) is 15.3 Å². The third-order valence-electron chi connectivity index (χ3n) is 3.21. The summed E-state index contributed by atoms with van der Waals surface area (Å²) in [5.41, 5.74) is 0. The van der Waals surface area contributed by atoms with E-state index in [1.807, 2.05) is 12.1 Å². The van der Waals surface area contributed by atoms with Crippen LogP contribution in [0.4, 0.5) is 0 Å². The number of sulfonamides is 1. The molecule has 0 aliphatic carbocycles. The van der Waals surface area contributed by atoms with Crippen molar-refractivity contribution in [1.29, 1.82) is 10.5 Å². The van der Waals surface area contributed by atoms with Gasteiger partial charge in [0.25, 0.3) is 5.91 Å². The van der Waals surface area contributed by atoms with Crippen LogP contribution in [0.1, 0.15) is 12.8 Å². The lowest BCUT2D eigenvalue weighted by molar-refractivity contribution is -0.151. The number of nitriles is 2. The van der Waals surface area contributed by atoms with E-state index in [1.165, 1.54) is 23.1 Å². The minimum absolute atomic E-state index is 0.0278. The molecule has 1 amide bonds. The van der Waals surface area contributed by atoms with Crippen LogP contribution >= 0.6 is 15.9 Å². The summed E-state index contributed by atoms with van der Waals surface area (Å²) < 4.78 is 31.6. The van der Waals surface area contributed by atoms with Crippen molar-refractivity contribution in [3.05, 3.63) is 28.7 Å². The van der Waals surface area contributed by atoms with Crippen LogP contribution in [0.25, 0.3) is 0 Å². The first-order valence-electron chi connectivity index (χ1n) is 7.72. The maximum Gasteiger partial charge on any atom is 0.321 e. The van der Waals surface area contributed by atoms with Crippen molar-refractivity contribution in [2.75, 3.05) is 26.2 Å². The second kappa shape index (κ2) is 11.3. The quantitative estimate of drug-likeness (QED) is 0.516. The summed E-state index contributed by atoms with van der Waals surface area (Å²) in [5, 5.41) is 17.2. The summed E-state index contributed by atoms with van der Waals surface area (Å²) in [6.45, 7) is -1.01. The average molecular weight is 457 g/mol. The minimum Gasteiger partial charge on any atom is -0.455 e. The summed E-state index contributed by atoms with van der Waals surface area (Å²) in [4.78, 5) is 24.9. The van der Waals surface area contributed by atoms with E-state index in [-0.39, 0.29) is 30.8 Å². The van der Waals surface area contributed by atoms with Gasteiger partial charge in [-0.25, -0.2) is 8.42 Å². The van der Waals surface area contributed by atoms with E-state index in [9.17, 15) is 18.0 Å². The fourth-order valence-electron chi connectivity index (χ4n) is 1.89. The molecule has 0 spiro atoms. The van der Waals surface area contributed by atoms with E-state index in [0.29, 0.717) is 4.47 Å². The van der Waals surface area contributed by atoms with Crippen molar-refractivity contribution in [2.45, 2.75) is 17.7 Å². The predicted molar refractivity (Wildman–Crippen MR) is 97.3 cm³/mol. The molecule has 11 heteroatoms. The third kappa shape index (κ3) is 8.17.